The summed E-state index contributed by atoms with van der Waals surface area (Å²) in [5.74, 6) is 0.168. The standard InChI is InChI=1S/C8H7BrClF2NO/c1-14-8-4(2-9)6(7(11)12)5(10)3-13-8/h3,7H,2H2,1H3. The van der Waals surface area contributed by atoms with Crippen molar-refractivity contribution in [3.05, 3.63) is 22.3 Å². The molecule has 0 atom stereocenters. The Kier molecular flexibility index (Phi) is 4.07. The van der Waals surface area contributed by atoms with Crippen molar-refractivity contribution in [2.75, 3.05) is 7.11 Å². The van der Waals surface area contributed by atoms with Crippen LogP contribution in [0.2, 0.25) is 5.02 Å². The van der Waals surface area contributed by atoms with Crippen molar-refractivity contribution in [3.63, 3.8) is 0 Å². The molecule has 0 aliphatic heterocycles. The lowest BCUT2D eigenvalue weighted by atomic mass is 10.1. The molecule has 0 unspecified atom stereocenters. The molecule has 2 nitrogen and oxygen atoms in total. The van der Waals surface area contributed by atoms with Gasteiger partial charge in [-0.05, 0) is 0 Å². The number of ether oxygens (including phenoxy) is 1. The van der Waals surface area contributed by atoms with Gasteiger partial charge in [0.1, 0.15) is 0 Å². The zero-order valence-corrected chi connectivity index (χ0v) is 9.57. The summed E-state index contributed by atoms with van der Waals surface area (Å²) in [6, 6.07) is 0. The first-order chi connectivity index (χ1) is 6.61. The highest BCUT2D eigenvalue weighted by Crippen LogP contribution is 2.35. The largest absolute Gasteiger partial charge is 0.481 e. The maximum Gasteiger partial charge on any atom is 0.265 e. The molecule has 0 saturated heterocycles. The number of nitrogens with zero attached hydrogens (tertiary/aromatic N) is 1. The second-order valence-electron chi connectivity index (χ2n) is 2.44. The van der Waals surface area contributed by atoms with Crippen LogP contribution in [0.25, 0.3) is 0 Å². The van der Waals surface area contributed by atoms with Crippen molar-refractivity contribution in [2.45, 2.75) is 11.8 Å². The Bertz CT molecular complexity index is 335. The van der Waals surface area contributed by atoms with Gasteiger partial charge in [-0.1, -0.05) is 27.5 Å². The molecule has 6 heteroatoms. The molecule has 1 heterocycles. The fourth-order valence-electron chi connectivity index (χ4n) is 1.06. The van der Waals surface area contributed by atoms with E-state index in [-0.39, 0.29) is 27.4 Å². The van der Waals surface area contributed by atoms with Crippen molar-refractivity contribution < 1.29 is 13.5 Å². The summed E-state index contributed by atoms with van der Waals surface area (Å²) in [4.78, 5) is 3.79. The molecule has 0 amide bonds. The first-order valence-electron chi connectivity index (χ1n) is 3.67. The molecule has 78 valence electrons. The topological polar surface area (TPSA) is 22.1 Å². The Morgan fingerprint density at radius 3 is 2.71 bits per heavy atom. The fourth-order valence-corrected chi connectivity index (χ4v) is 1.85. The zero-order chi connectivity index (χ0) is 10.7. The predicted molar refractivity (Wildman–Crippen MR) is 53.4 cm³/mol. The van der Waals surface area contributed by atoms with Crippen LogP contribution in [0.5, 0.6) is 5.88 Å². The molecule has 0 aliphatic rings. The fraction of sp³-hybridized carbons (Fsp3) is 0.375. The number of halogens is 4. The second-order valence-corrected chi connectivity index (χ2v) is 3.41. The van der Waals surface area contributed by atoms with Crippen LogP contribution >= 0.6 is 27.5 Å². The van der Waals surface area contributed by atoms with Gasteiger partial charge in [-0.3, -0.25) is 0 Å². The Labute approximate surface area is 93.4 Å². The van der Waals surface area contributed by atoms with E-state index in [9.17, 15) is 8.78 Å². The average molecular weight is 287 g/mol. The molecule has 1 aromatic rings. The minimum atomic E-state index is -2.63. The van der Waals surface area contributed by atoms with Crippen LogP contribution in [0.3, 0.4) is 0 Å². The molecule has 0 radical (unpaired) electrons. The van der Waals surface area contributed by atoms with Crippen molar-refractivity contribution in [2.24, 2.45) is 0 Å². The van der Waals surface area contributed by atoms with E-state index in [1.807, 2.05) is 0 Å². The van der Waals surface area contributed by atoms with Crippen molar-refractivity contribution in [1.29, 1.82) is 0 Å². The third kappa shape index (κ3) is 2.15. The molecule has 1 aromatic heterocycles. The van der Waals surface area contributed by atoms with E-state index in [1.54, 1.807) is 0 Å². The van der Waals surface area contributed by atoms with Gasteiger partial charge in [0, 0.05) is 16.5 Å². The average Bonchev–Trinajstić information content (AvgIpc) is 2.16. The summed E-state index contributed by atoms with van der Waals surface area (Å²) >= 11 is 8.70. The number of alkyl halides is 3. The highest BCUT2D eigenvalue weighted by atomic mass is 79.9. The van der Waals surface area contributed by atoms with Crippen LogP contribution in [0.4, 0.5) is 8.78 Å². The molecule has 0 fully saturated rings. The van der Waals surface area contributed by atoms with Gasteiger partial charge in [-0.25, -0.2) is 13.8 Å². The molecule has 0 saturated carbocycles. The van der Waals surface area contributed by atoms with E-state index in [1.165, 1.54) is 7.11 Å². The third-order valence-corrected chi connectivity index (χ3v) is 2.54. The lowest BCUT2D eigenvalue weighted by molar-refractivity contribution is 0.150. The van der Waals surface area contributed by atoms with Crippen molar-refractivity contribution in [3.8, 4) is 5.88 Å². The second kappa shape index (κ2) is 4.89. The molecule has 0 N–H and O–H groups in total. The predicted octanol–water partition coefficient (Wildman–Crippen LogP) is 3.58. The van der Waals surface area contributed by atoms with Crippen molar-refractivity contribution in [1.82, 2.24) is 4.98 Å². The van der Waals surface area contributed by atoms with Gasteiger partial charge < -0.3 is 4.74 Å². The van der Waals surface area contributed by atoms with Crippen molar-refractivity contribution >= 4 is 27.5 Å². The normalized spacial score (nSPS) is 10.7. The van der Waals surface area contributed by atoms with E-state index >= 15 is 0 Å². The molecular formula is C8H7BrClF2NO. The Morgan fingerprint density at radius 1 is 1.64 bits per heavy atom. The number of methoxy groups -OCH3 is 1. The molecule has 0 spiro atoms. The quantitative estimate of drug-likeness (QED) is 0.792. The van der Waals surface area contributed by atoms with Gasteiger partial charge in [-0.15, -0.1) is 0 Å². The number of hydrogen-bond acceptors (Lipinski definition) is 2. The lowest BCUT2D eigenvalue weighted by Gasteiger charge is -2.11. The SMILES string of the molecule is COc1ncc(Cl)c(C(F)F)c1CBr. The number of aromatic nitrogens is 1. The van der Waals surface area contributed by atoms with E-state index in [0.29, 0.717) is 0 Å². The van der Waals surface area contributed by atoms with Gasteiger partial charge in [-0.2, -0.15) is 0 Å². The summed E-state index contributed by atoms with van der Waals surface area (Å²) in [6.45, 7) is 0. The maximum absolute atomic E-state index is 12.6. The first-order valence-corrected chi connectivity index (χ1v) is 5.17. The Balaban J connectivity index is 3.35. The minimum Gasteiger partial charge on any atom is -0.481 e. The number of rotatable bonds is 3. The minimum absolute atomic E-state index is 0.0461. The summed E-state index contributed by atoms with van der Waals surface area (Å²) in [6.07, 6.45) is -1.47. The molecule has 0 aliphatic carbocycles. The van der Waals surface area contributed by atoms with Gasteiger partial charge in [0.2, 0.25) is 5.88 Å². The molecule has 14 heavy (non-hydrogen) atoms. The highest BCUT2D eigenvalue weighted by Gasteiger charge is 2.20. The monoisotopic (exact) mass is 285 g/mol. The van der Waals surface area contributed by atoms with Gasteiger partial charge in [0.15, 0.2) is 0 Å². The molecule has 0 bridgehead atoms. The van der Waals surface area contributed by atoms with Gasteiger partial charge in [0.25, 0.3) is 6.43 Å². The maximum atomic E-state index is 12.6. The van der Waals surface area contributed by atoms with Crippen LogP contribution in [0.15, 0.2) is 6.20 Å². The summed E-state index contributed by atoms with van der Waals surface area (Å²) in [5.41, 5.74) is 0.0605. The smallest absolute Gasteiger partial charge is 0.265 e. The Hall–Kier alpha value is -0.420. The van der Waals surface area contributed by atoms with E-state index in [2.05, 4.69) is 20.9 Å². The van der Waals surface area contributed by atoms with E-state index in [4.69, 9.17) is 16.3 Å². The first kappa shape index (κ1) is 11.7. The highest BCUT2D eigenvalue weighted by molar-refractivity contribution is 9.08. The molecule has 0 aromatic carbocycles. The molecule has 1 rings (SSSR count). The van der Waals surface area contributed by atoms with Gasteiger partial charge >= 0.3 is 0 Å². The van der Waals surface area contributed by atoms with E-state index in [0.717, 1.165) is 6.20 Å². The van der Waals surface area contributed by atoms with Crippen LogP contribution in [0, 0.1) is 0 Å². The van der Waals surface area contributed by atoms with Crippen LogP contribution < -0.4 is 4.74 Å². The van der Waals surface area contributed by atoms with Crippen LogP contribution in [-0.2, 0) is 5.33 Å². The Morgan fingerprint density at radius 2 is 2.29 bits per heavy atom. The number of pyridine rings is 1. The van der Waals surface area contributed by atoms with E-state index < -0.39 is 6.43 Å². The van der Waals surface area contributed by atoms with Crippen LogP contribution in [-0.4, -0.2) is 12.1 Å². The summed E-state index contributed by atoms with van der Waals surface area (Å²) in [5, 5.41) is 0.180. The third-order valence-electron chi connectivity index (χ3n) is 1.68. The lowest BCUT2D eigenvalue weighted by Crippen LogP contribution is -2.00. The van der Waals surface area contributed by atoms with Crippen LogP contribution in [0.1, 0.15) is 17.6 Å². The summed E-state index contributed by atoms with van der Waals surface area (Å²) < 4.78 is 30.1. The number of hydrogen-bond donors (Lipinski definition) is 0. The summed E-state index contributed by atoms with van der Waals surface area (Å²) in [7, 11) is 1.37. The van der Waals surface area contributed by atoms with Gasteiger partial charge in [0.05, 0.1) is 18.3 Å². The molecular weight excluding hydrogens is 279 g/mol. The zero-order valence-electron chi connectivity index (χ0n) is 7.23.